The summed E-state index contributed by atoms with van der Waals surface area (Å²) in [6.45, 7) is 0.160. The molecule has 0 aliphatic carbocycles. The van der Waals surface area contributed by atoms with E-state index in [4.69, 9.17) is 5.73 Å². The van der Waals surface area contributed by atoms with Gasteiger partial charge in [-0.3, -0.25) is 4.79 Å². The van der Waals surface area contributed by atoms with Gasteiger partial charge in [0, 0.05) is 17.8 Å². The molecule has 0 aromatic carbocycles. The average molecular weight is 256 g/mol. The van der Waals surface area contributed by atoms with Crippen molar-refractivity contribution in [1.29, 1.82) is 0 Å². The predicted molar refractivity (Wildman–Crippen MR) is 65.3 cm³/mol. The van der Waals surface area contributed by atoms with Gasteiger partial charge in [0.2, 0.25) is 0 Å². The first-order valence-electron chi connectivity index (χ1n) is 5.68. The second-order valence-electron chi connectivity index (χ2n) is 4.32. The third kappa shape index (κ3) is 2.42. The van der Waals surface area contributed by atoms with Crippen LogP contribution in [0.1, 0.15) is 35.8 Å². The summed E-state index contributed by atoms with van der Waals surface area (Å²) in [6.07, 6.45) is 2.18. The molecule has 2 heterocycles. The van der Waals surface area contributed by atoms with Crippen LogP contribution in [0.5, 0.6) is 0 Å². The number of aromatic nitrogens is 1. The molecule has 1 aliphatic heterocycles. The molecule has 0 saturated carbocycles. The minimum atomic E-state index is -3.11. The molecular weight excluding hydrogens is 240 g/mol. The highest BCUT2D eigenvalue weighted by Gasteiger charge is 2.30. The van der Waals surface area contributed by atoms with Gasteiger partial charge in [-0.2, -0.15) is 0 Å². The quantitative estimate of drug-likeness (QED) is 0.804. The van der Waals surface area contributed by atoms with Gasteiger partial charge >= 0.3 is 0 Å². The third-order valence-corrected chi connectivity index (χ3v) is 5.37. The summed E-state index contributed by atoms with van der Waals surface area (Å²) in [5.41, 5.74) is 6.07. The Morgan fingerprint density at radius 2 is 2.12 bits per heavy atom. The first-order chi connectivity index (χ1) is 8.04. The lowest BCUT2D eigenvalue weighted by Gasteiger charge is -2.22. The molecule has 2 rings (SSSR count). The Labute approximate surface area is 100.0 Å². The third-order valence-electron chi connectivity index (χ3n) is 3.16. The molecule has 0 spiro atoms. The normalized spacial score (nSPS) is 23.5. The number of aromatic amines is 1. The van der Waals surface area contributed by atoms with E-state index in [0.717, 1.165) is 6.42 Å². The van der Waals surface area contributed by atoms with Crippen molar-refractivity contribution in [2.24, 2.45) is 5.73 Å². The van der Waals surface area contributed by atoms with E-state index in [2.05, 4.69) is 4.98 Å². The lowest BCUT2D eigenvalue weighted by molar-refractivity contribution is 0.542. The molecule has 1 saturated heterocycles. The Morgan fingerprint density at radius 3 is 2.71 bits per heavy atom. The van der Waals surface area contributed by atoms with Gasteiger partial charge in [-0.25, -0.2) is 8.42 Å². The van der Waals surface area contributed by atoms with E-state index in [1.165, 1.54) is 0 Å². The summed E-state index contributed by atoms with van der Waals surface area (Å²) in [6, 6.07) is 3.27. The fourth-order valence-electron chi connectivity index (χ4n) is 2.17. The standard InChI is InChI=1S/C11H16N2O3S/c12-7-8-4-5-9(13-11(8)14)10-3-1-2-6-17(10,15)16/h4-5,10H,1-3,6-7,12H2,(H,13,14). The summed E-state index contributed by atoms with van der Waals surface area (Å²) in [5, 5.41) is -0.559. The second-order valence-corrected chi connectivity index (χ2v) is 6.63. The summed E-state index contributed by atoms with van der Waals surface area (Å²) < 4.78 is 23.8. The lowest BCUT2D eigenvalue weighted by atomic mass is 10.1. The zero-order chi connectivity index (χ0) is 12.5. The molecule has 0 radical (unpaired) electrons. The molecule has 0 amide bonds. The Balaban J connectivity index is 2.40. The monoisotopic (exact) mass is 256 g/mol. The Kier molecular flexibility index (Phi) is 3.35. The predicted octanol–water partition coefficient (Wildman–Crippen LogP) is 0.473. The van der Waals surface area contributed by atoms with Crippen LogP contribution < -0.4 is 11.3 Å². The summed E-state index contributed by atoms with van der Waals surface area (Å²) in [7, 11) is -3.11. The van der Waals surface area contributed by atoms with E-state index >= 15 is 0 Å². The van der Waals surface area contributed by atoms with Crippen molar-refractivity contribution >= 4 is 9.84 Å². The van der Waals surface area contributed by atoms with Gasteiger partial charge < -0.3 is 10.7 Å². The number of sulfone groups is 1. The molecule has 1 unspecified atom stereocenters. The number of nitrogens with two attached hydrogens (primary N) is 1. The Bertz CT molecular complexity index is 562. The minimum absolute atomic E-state index is 0.160. The molecule has 1 aromatic heterocycles. The van der Waals surface area contributed by atoms with Crippen LogP contribution in [0.4, 0.5) is 0 Å². The number of H-pyrrole nitrogens is 1. The lowest BCUT2D eigenvalue weighted by Crippen LogP contribution is -2.25. The number of hydrogen-bond acceptors (Lipinski definition) is 4. The SMILES string of the molecule is NCc1ccc(C2CCCCS2(=O)=O)[nH]c1=O. The maximum Gasteiger partial charge on any atom is 0.252 e. The van der Waals surface area contributed by atoms with Gasteiger partial charge in [0.1, 0.15) is 5.25 Å². The van der Waals surface area contributed by atoms with Gasteiger partial charge in [-0.15, -0.1) is 0 Å². The van der Waals surface area contributed by atoms with Crippen LogP contribution in [0.3, 0.4) is 0 Å². The summed E-state index contributed by atoms with van der Waals surface area (Å²) >= 11 is 0. The molecule has 0 bridgehead atoms. The maximum atomic E-state index is 11.9. The van der Waals surface area contributed by atoms with Crippen molar-refractivity contribution in [2.45, 2.75) is 31.1 Å². The minimum Gasteiger partial charge on any atom is -0.326 e. The Morgan fingerprint density at radius 1 is 1.35 bits per heavy atom. The highest BCUT2D eigenvalue weighted by atomic mass is 32.2. The van der Waals surface area contributed by atoms with Gasteiger partial charge in [0.05, 0.1) is 5.75 Å². The molecule has 1 aliphatic rings. The molecule has 5 nitrogen and oxygen atoms in total. The van der Waals surface area contributed by atoms with Crippen LogP contribution in [0.15, 0.2) is 16.9 Å². The topological polar surface area (TPSA) is 93.0 Å². The van der Waals surface area contributed by atoms with Crippen molar-refractivity contribution in [3.05, 3.63) is 33.7 Å². The van der Waals surface area contributed by atoms with Crippen LogP contribution in [-0.2, 0) is 16.4 Å². The first kappa shape index (κ1) is 12.3. The largest absolute Gasteiger partial charge is 0.326 e. The van der Waals surface area contributed by atoms with Gasteiger partial charge in [-0.05, 0) is 18.9 Å². The molecule has 1 atom stereocenters. The molecule has 1 fully saturated rings. The molecule has 6 heteroatoms. The first-order valence-corrected chi connectivity index (χ1v) is 7.40. The van der Waals surface area contributed by atoms with Gasteiger partial charge in [0.15, 0.2) is 9.84 Å². The van der Waals surface area contributed by atoms with Crippen molar-refractivity contribution in [1.82, 2.24) is 4.98 Å². The van der Waals surface area contributed by atoms with E-state index in [1.54, 1.807) is 12.1 Å². The fraction of sp³-hybridized carbons (Fsp3) is 0.545. The highest BCUT2D eigenvalue weighted by molar-refractivity contribution is 7.91. The van der Waals surface area contributed by atoms with Crippen LogP contribution in [-0.4, -0.2) is 19.2 Å². The number of nitrogens with one attached hydrogen (secondary N) is 1. The Hall–Kier alpha value is -1.14. The van der Waals surface area contributed by atoms with Gasteiger partial charge in [0.25, 0.3) is 5.56 Å². The highest BCUT2D eigenvalue weighted by Crippen LogP contribution is 2.31. The van der Waals surface area contributed by atoms with E-state index in [1.807, 2.05) is 0 Å². The molecule has 94 valence electrons. The molecular formula is C11H16N2O3S. The van der Waals surface area contributed by atoms with E-state index in [9.17, 15) is 13.2 Å². The van der Waals surface area contributed by atoms with Gasteiger partial charge in [-0.1, -0.05) is 12.5 Å². The summed E-state index contributed by atoms with van der Waals surface area (Å²) in [4.78, 5) is 14.2. The van der Waals surface area contributed by atoms with E-state index < -0.39 is 15.1 Å². The molecule has 17 heavy (non-hydrogen) atoms. The zero-order valence-electron chi connectivity index (χ0n) is 9.48. The van der Waals surface area contributed by atoms with Crippen molar-refractivity contribution in [3.8, 4) is 0 Å². The van der Waals surface area contributed by atoms with Crippen LogP contribution in [0.2, 0.25) is 0 Å². The second kappa shape index (κ2) is 4.62. The molecule has 3 N–H and O–H groups in total. The van der Waals surface area contributed by atoms with E-state index in [0.29, 0.717) is 24.1 Å². The summed E-state index contributed by atoms with van der Waals surface area (Å²) in [5.74, 6) is 0.207. The van der Waals surface area contributed by atoms with Crippen molar-refractivity contribution in [2.75, 3.05) is 5.75 Å². The van der Waals surface area contributed by atoms with Crippen LogP contribution in [0, 0.1) is 0 Å². The maximum absolute atomic E-state index is 11.9. The average Bonchev–Trinajstić information content (AvgIpc) is 2.28. The zero-order valence-corrected chi connectivity index (χ0v) is 10.3. The molecule has 1 aromatic rings. The number of hydrogen-bond donors (Lipinski definition) is 2. The fourth-order valence-corrected chi connectivity index (χ4v) is 4.11. The van der Waals surface area contributed by atoms with Crippen LogP contribution in [0.25, 0.3) is 0 Å². The van der Waals surface area contributed by atoms with Crippen molar-refractivity contribution in [3.63, 3.8) is 0 Å². The van der Waals surface area contributed by atoms with Crippen LogP contribution >= 0.6 is 0 Å². The van der Waals surface area contributed by atoms with E-state index in [-0.39, 0.29) is 17.9 Å². The number of rotatable bonds is 2. The van der Waals surface area contributed by atoms with Crippen molar-refractivity contribution < 1.29 is 8.42 Å². The smallest absolute Gasteiger partial charge is 0.252 e. The number of pyridine rings is 1.